The van der Waals surface area contributed by atoms with Gasteiger partial charge in [0.25, 0.3) is 0 Å². The zero-order chi connectivity index (χ0) is 14.7. The molecule has 0 bridgehead atoms. The smallest absolute Gasteiger partial charge is 0.128 e. The monoisotopic (exact) mass is 299 g/mol. The van der Waals surface area contributed by atoms with Crippen LogP contribution in [-0.2, 0) is 6.54 Å². The van der Waals surface area contributed by atoms with Gasteiger partial charge in [-0.1, -0.05) is 18.5 Å². The van der Waals surface area contributed by atoms with Crippen LogP contribution in [0.1, 0.15) is 30.6 Å². The molecule has 2 aromatic rings. The van der Waals surface area contributed by atoms with Crippen molar-refractivity contribution in [2.24, 2.45) is 0 Å². The van der Waals surface area contributed by atoms with Gasteiger partial charge in [-0.15, -0.1) is 0 Å². The van der Waals surface area contributed by atoms with Gasteiger partial charge in [-0.25, -0.2) is 8.78 Å². The fourth-order valence-corrected chi connectivity index (χ4v) is 2.47. The van der Waals surface area contributed by atoms with E-state index in [1.807, 2.05) is 6.92 Å². The number of rotatable bonds is 5. The van der Waals surface area contributed by atoms with Gasteiger partial charge in [-0.05, 0) is 31.7 Å². The zero-order valence-electron chi connectivity index (χ0n) is 11.3. The van der Waals surface area contributed by atoms with E-state index in [1.54, 1.807) is 11.7 Å². The van der Waals surface area contributed by atoms with E-state index in [0.717, 1.165) is 18.6 Å². The van der Waals surface area contributed by atoms with Crippen molar-refractivity contribution in [1.29, 1.82) is 0 Å². The summed E-state index contributed by atoms with van der Waals surface area (Å²) < 4.78 is 29.1. The molecule has 1 aromatic carbocycles. The summed E-state index contributed by atoms with van der Waals surface area (Å²) in [6, 6.07) is 2.84. The van der Waals surface area contributed by atoms with Crippen molar-refractivity contribution in [3.63, 3.8) is 0 Å². The Hall–Kier alpha value is -1.46. The van der Waals surface area contributed by atoms with E-state index in [1.165, 1.54) is 12.3 Å². The third-order valence-corrected chi connectivity index (χ3v) is 3.39. The number of aryl methyl sites for hydroxylation is 1. The average Bonchev–Trinajstić information content (AvgIpc) is 2.77. The maximum atomic E-state index is 14.0. The molecule has 1 N–H and O–H groups in total. The lowest BCUT2D eigenvalue weighted by Gasteiger charge is -2.19. The number of nitrogens with one attached hydrogen (secondary N) is 1. The van der Waals surface area contributed by atoms with Gasteiger partial charge in [-0.3, -0.25) is 4.68 Å². The maximum absolute atomic E-state index is 14.0. The number of benzene rings is 1. The van der Waals surface area contributed by atoms with E-state index in [0.29, 0.717) is 17.3 Å². The molecular weight excluding hydrogens is 284 g/mol. The number of hydrogen-bond donors (Lipinski definition) is 1. The van der Waals surface area contributed by atoms with E-state index in [2.05, 4.69) is 10.4 Å². The second-order valence-corrected chi connectivity index (χ2v) is 4.90. The minimum Gasteiger partial charge on any atom is -0.308 e. The van der Waals surface area contributed by atoms with Crippen LogP contribution >= 0.6 is 11.6 Å². The Morgan fingerprint density at radius 2 is 2.15 bits per heavy atom. The normalized spacial score (nSPS) is 12.7. The standard InChI is InChI=1S/C14H16ClF2N3/c1-3-6-20-14(11(15)8-19-20)13(18-2)10-7-9(16)4-5-12(10)17/h4-5,7-8,13,18H,3,6H2,1-2H3. The molecule has 1 unspecified atom stereocenters. The van der Waals surface area contributed by atoms with Gasteiger partial charge in [0.2, 0.25) is 0 Å². The van der Waals surface area contributed by atoms with Gasteiger partial charge in [0, 0.05) is 12.1 Å². The van der Waals surface area contributed by atoms with E-state index >= 15 is 0 Å². The highest BCUT2D eigenvalue weighted by Crippen LogP contribution is 2.30. The molecular formula is C14H16ClF2N3. The van der Waals surface area contributed by atoms with Gasteiger partial charge in [-0.2, -0.15) is 5.10 Å². The Morgan fingerprint density at radius 1 is 1.40 bits per heavy atom. The molecule has 2 rings (SSSR count). The molecule has 1 atom stereocenters. The van der Waals surface area contributed by atoms with Gasteiger partial charge in [0.1, 0.15) is 11.6 Å². The highest BCUT2D eigenvalue weighted by molar-refractivity contribution is 6.31. The van der Waals surface area contributed by atoms with Crippen LogP contribution in [0.15, 0.2) is 24.4 Å². The van der Waals surface area contributed by atoms with Crippen molar-refractivity contribution >= 4 is 11.6 Å². The van der Waals surface area contributed by atoms with Crippen LogP contribution < -0.4 is 5.32 Å². The summed E-state index contributed by atoms with van der Waals surface area (Å²) >= 11 is 6.16. The molecule has 0 spiro atoms. The molecule has 0 amide bonds. The molecule has 3 nitrogen and oxygen atoms in total. The molecule has 108 valence electrons. The van der Waals surface area contributed by atoms with Crippen molar-refractivity contribution in [2.75, 3.05) is 7.05 Å². The lowest BCUT2D eigenvalue weighted by molar-refractivity contribution is 0.511. The minimum atomic E-state index is -0.549. The van der Waals surface area contributed by atoms with Crippen molar-refractivity contribution < 1.29 is 8.78 Å². The van der Waals surface area contributed by atoms with Crippen LogP contribution in [0.2, 0.25) is 5.02 Å². The van der Waals surface area contributed by atoms with Crippen LogP contribution in [0.25, 0.3) is 0 Å². The second kappa shape index (κ2) is 6.33. The summed E-state index contributed by atoms with van der Waals surface area (Å²) in [5.41, 5.74) is 0.854. The Morgan fingerprint density at radius 3 is 2.80 bits per heavy atom. The van der Waals surface area contributed by atoms with E-state index in [9.17, 15) is 8.78 Å². The van der Waals surface area contributed by atoms with Crippen LogP contribution in [0.5, 0.6) is 0 Å². The predicted octanol–water partition coefficient (Wildman–Crippen LogP) is 3.53. The van der Waals surface area contributed by atoms with Gasteiger partial charge >= 0.3 is 0 Å². The van der Waals surface area contributed by atoms with Crippen LogP contribution in [0.4, 0.5) is 8.78 Å². The minimum absolute atomic E-state index is 0.215. The molecule has 0 saturated carbocycles. The zero-order valence-corrected chi connectivity index (χ0v) is 12.1. The Bertz CT molecular complexity index is 598. The SMILES string of the molecule is CCCn1ncc(Cl)c1C(NC)c1cc(F)ccc1F. The number of nitrogens with zero attached hydrogens (tertiary/aromatic N) is 2. The number of hydrogen-bond acceptors (Lipinski definition) is 2. The first kappa shape index (κ1) is 14.9. The average molecular weight is 300 g/mol. The molecule has 1 aromatic heterocycles. The first-order chi connectivity index (χ1) is 9.58. The molecule has 0 radical (unpaired) electrons. The molecule has 20 heavy (non-hydrogen) atoms. The molecule has 0 saturated heterocycles. The lowest BCUT2D eigenvalue weighted by Crippen LogP contribution is -2.23. The van der Waals surface area contributed by atoms with Crippen LogP contribution in [0, 0.1) is 11.6 Å². The largest absolute Gasteiger partial charge is 0.308 e. The third-order valence-electron chi connectivity index (χ3n) is 3.10. The summed E-state index contributed by atoms with van der Waals surface area (Å²) in [4.78, 5) is 0. The Balaban J connectivity index is 2.52. The first-order valence-electron chi connectivity index (χ1n) is 6.41. The second-order valence-electron chi connectivity index (χ2n) is 4.49. The highest BCUT2D eigenvalue weighted by Gasteiger charge is 2.23. The van der Waals surface area contributed by atoms with Crippen molar-refractivity contribution in [2.45, 2.75) is 25.9 Å². The first-order valence-corrected chi connectivity index (χ1v) is 6.79. The van der Waals surface area contributed by atoms with Crippen LogP contribution in [-0.4, -0.2) is 16.8 Å². The summed E-state index contributed by atoms with van der Waals surface area (Å²) in [7, 11) is 1.68. The molecule has 6 heteroatoms. The predicted molar refractivity (Wildman–Crippen MR) is 74.8 cm³/mol. The Kier molecular flexibility index (Phi) is 4.73. The summed E-state index contributed by atoms with van der Waals surface area (Å²) in [6.45, 7) is 2.67. The van der Waals surface area contributed by atoms with Crippen molar-refractivity contribution in [1.82, 2.24) is 15.1 Å². The lowest BCUT2D eigenvalue weighted by atomic mass is 10.0. The highest BCUT2D eigenvalue weighted by atomic mass is 35.5. The van der Waals surface area contributed by atoms with Gasteiger partial charge < -0.3 is 5.32 Å². The quantitative estimate of drug-likeness (QED) is 0.915. The molecule has 1 heterocycles. The fourth-order valence-electron chi connectivity index (χ4n) is 2.22. The number of halogens is 3. The summed E-state index contributed by atoms with van der Waals surface area (Å²) in [5.74, 6) is -0.967. The van der Waals surface area contributed by atoms with Gasteiger partial charge in [0.15, 0.2) is 0 Å². The maximum Gasteiger partial charge on any atom is 0.128 e. The summed E-state index contributed by atoms with van der Waals surface area (Å²) in [6.07, 6.45) is 2.39. The van der Waals surface area contributed by atoms with E-state index < -0.39 is 17.7 Å². The molecule has 0 fully saturated rings. The van der Waals surface area contributed by atoms with Crippen molar-refractivity contribution in [3.05, 3.63) is 52.3 Å². The molecule has 0 aliphatic heterocycles. The van der Waals surface area contributed by atoms with E-state index in [4.69, 9.17) is 11.6 Å². The molecule has 0 aliphatic carbocycles. The van der Waals surface area contributed by atoms with Gasteiger partial charge in [0.05, 0.1) is 23.0 Å². The third kappa shape index (κ3) is 2.83. The fraction of sp³-hybridized carbons (Fsp3) is 0.357. The number of aromatic nitrogens is 2. The van der Waals surface area contributed by atoms with Crippen LogP contribution in [0.3, 0.4) is 0 Å². The van der Waals surface area contributed by atoms with E-state index in [-0.39, 0.29) is 5.56 Å². The molecule has 0 aliphatic rings. The topological polar surface area (TPSA) is 29.9 Å². The van der Waals surface area contributed by atoms with Crippen molar-refractivity contribution in [3.8, 4) is 0 Å². The Labute approximate surface area is 121 Å². The summed E-state index contributed by atoms with van der Waals surface area (Å²) in [5, 5.41) is 7.59.